The van der Waals surface area contributed by atoms with Gasteiger partial charge in [-0.1, -0.05) is 18.6 Å². The van der Waals surface area contributed by atoms with Crippen LogP contribution in [0.2, 0.25) is 0 Å². The monoisotopic (exact) mass is 374 g/mol. The van der Waals surface area contributed by atoms with Crippen molar-refractivity contribution in [1.82, 2.24) is 10.3 Å². The Kier molecular flexibility index (Phi) is 4.75. The maximum atomic E-state index is 12.7. The van der Waals surface area contributed by atoms with Gasteiger partial charge in [0.25, 0.3) is 0 Å². The minimum absolute atomic E-state index is 0.0467. The van der Waals surface area contributed by atoms with E-state index in [4.69, 9.17) is 9.47 Å². The molecule has 0 saturated carbocycles. The summed E-state index contributed by atoms with van der Waals surface area (Å²) in [5.74, 6) is 0.483. The molecule has 3 atom stereocenters. The summed E-state index contributed by atoms with van der Waals surface area (Å²) in [6, 6.07) is 3.66. The molecule has 2 unspecified atom stereocenters. The Hall–Kier alpha value is -2.08. The SMILES string of the molecule is CCC1(O)C2CC(C)=C[C@]1(NC(=O)OC(C)(C)C)c1ccc(OC)nc1C2. The molecule has 1 aromatic rings. The van der Waals surface area contributed by atoms with Crippen molar-refractivity contribution in [3.8, 4) is 5.88 Å². The molecule has 3 rings (SSSR count). The number of methoxy groups -OCH3 is 1. The van der Waals surface area contributed by atoms with Crippen LogP contribution in [0.1, 0.15) is 58.7 Å². The fraction of sp³-hybridized carbons (Fsp3) is 0.619. The number of carbonyl (C=O) groups is 1. The predicted molar refractivity (Wildman–Crippen MR) is 103 cm³/mol. The Balaban J connectivity index is 2.17. The van der Waals surface area contributed by atoms with Crippen molar-refractivity contribution in [1.29, 1.82) is 0 Å². The average Bonchev–Trinajstić information content (AvgIpc) is 2.55. The number of fused-ring (bicyclic) bond motifs is 4. The van der Waals surface area contributed by atoms with Gasteiger partial charge in [-0.05, 0) is 58.9 Å². The molecule has 0 aromatic carbocycles. The number of pyridine rings is 1. The van der Waals surface area contributed by atoms with Crippen molar-refractivity contribution < 1.29 is 19.4 Å². The fourth-order valence-electron chi connectivity index (χ4n) is 4.57. The van der Waals surface area contributed by atoms with E-state index in [1.807, 2.05) is 46.8 Å². The van der Waals surface area contributed by atoms with Crippen LogP contribution >= 0.6 is 0 Å². The summed E-state index contributed by atoms with van der Waals surface area (Å²) < 4.78 is 10.8. The molecular formula is C21H30N2O4. The van der Waals surface area contributed by atoms with Crippen molar-refractivity contribution in [2.24, 2.45) is 5.92 Å². The van der Waals surface area contributed by atoms with E-state index in [2.05, 4.69) is 10.3 Å². The summed E-state index contributed by atoms with van der Waals surface area (Å²) in [7, 11) is 1.58. The molecule has 0 fully saturated rings. The topological polar surface area (TPSA) is 80.7 Å². The normalized spacial score (nSPS) is 29.4. The zero-order chi connectivity index (χ0) is 20.0. The van der Waals surface area contributed by atoms with Gasteiger partial charge in [0.2, 0.25) is 5.88 Å². The first kappa shape index (κ1) is 19.7. The Morgan fingerprint density at radius 3 is 2.67 bits per heavy atom. The Bertz CT molecular complexity index is 783. The summed E-state index contributed by atoms with van der Waals surface area (Å²) in [5.41, 5.74) is -0.0498. The van der Waals surface area contributed by atoms with E-state index in [-0.39, 0.29) is 5.92 Å². The van der Waals surface area contributed by atoms with E-state index in [0.29, 0.717) is 18.7 Å². The van der Waals surface area contributed by atoms with Crippen molar-refractivity contribution in [3.63, 3.8) is 0 Å². The van der Waals surface area contributed by atoms with Crippen LogP contribution in [0.25, 0.3) is 0 Å². The largest absolute Gasteiger partial charge is 0.481 e. The molecule has 0 aliphatic heterocycles. The van der Waals surface area contributed by atoms with E-state index in [0.717, 1.165) is 23.3 Å². The zero-order valence-electron chi connectivity index (χ0n) is 17.0. The highest BCUT2D eigenvalue weighted by Crippen LogP contribution is 2.53. The maximum Gasteiger partial charge on any atom is 0.408 e. The van der Waals surface area contributed by atoms with Crippen LogP contribution in [0.5, 0.6) is 5.88 Å². The average molecular weight is 374 g/mol. The first-order chi connectivity index (χ1) is 12.5. The molecule has 0 radical (unpaired) electrons. The maximum absolute atomic E-state index is 12.7. The minimum Gasteiger partial charge on any atom is -0.481 e. The Labute approximate surface area is 161 Å². The molecule has 6 nitrogen and oxygen atoms in total. The summed E-state index contributed by atoms with van der Waals surface area (Å²) in [4.78, 5) is 17.4. The van der Waals surface area contributed by atoms with Gasteiger partial charge in [0.1, 0.15) is 11.1 Å². The molecule has 1 heterocycles. The number of hydrogen-bond acceptors (Lipinski definition) is 5. The van der Waals surface area contributed by atoms with Crippen LogP contribution in [0.3, 0.4) is 0 Å². The molecule has 2 aliphatic carbocycles. The van der Waals surface area contributed by atoms with Gasteiger partial charge in [-0.3, -0.25) is 0 Å². The number of aliphatic hydroxyl groups is 1. The first-order valence-electron chi connectivity index (χ1n) is 9.51. The number of nitrogens with zero attached hydrogens (tertiary/aromatic N) is 1. The summed E-state index contributed by atoms with van der Waals surface area (Å²) in [6.07, 6.45) is 3.33. The van der Waals surface area contributed by atoms with Crippen molar-refractivity contribution in [2.75, 3.05) is 7.11 Å². The number of carbonyl (C=O) groups excluding carboxylic acids is 1. The van der Waals surface area contributed by atoms with E-state index in [1.54, 1.807) is 13.2 Å². The highest BCUT2D eigenvalue weighted by molar-refractivity contribution is 5.71. The molecule has 2 aliphatic rings. The number of hydrogen-bond donors (Lipinski definition) is 2. The fourth-order valence-corrected chi connectivity index (χ4v) is 4.57. The van der Waals surface area contributed by atoms with Crippen LogP contribution in [-0.4, -0.2) is 34.5 Å². The zero-order valence-corrected chi connectivity index (χ0v) is 17.0. The number of rotatable bonds is 3. The number of aromatic nitrogens is 1. The Morgan fingerprint density at radius 2 is 2.07 bits per heavy atom. The second-order valence-electron chi connectivity index (χ2n) is 8.66. The van der Waals surface area contributed by atoms with Crippen LogP contribution in [0.4, 0.5) is 4.79 Å². The lowest BCUT2D eigenvalue weighted by Crippen LogP contribution is -2.68. The van der Waals surface area contributed by atoms with E-state index in [9.17, 15) is 9.90 Å². The van der Waals surface area contributed by atoms with Gasteiger partial charge in [0, 0.05) is 11.6 Å². The molecule has 6 heteroatoms. The quantitative estimate of drug-likeness (QED) is 0.792. The van der Waals surface area contributed by atoms with Crippen molar-refractivity contribution in [2.45, 2.75) is 70.6 Å². The van der Waals surface area contributed by atoms with Crippen molar-refractivity contribution in [3.05, 3.63) is 35.0 Å². The lowest BCUT2D eigenvalue weighted by Gasteiger charge is -2.56. The predicted octanol–water partition coefficient (Wildman–Crippen LogP) is 3.47. The lowest BCUT2D eigenvalue weighted by atomic mass is 9.56. The highest BCUT2D eigenvalue weighted by Gasteiger charge is 2.60. The van der Waals surface area contributed by atoms with Crippen LogP contribution in [0, 0.1) is 5.92 Å². The number of amides is 1. The molecule has 2 bridgehead atoms. The molecule has 27 heavy (non-hydrogen) atoms. The molecule has 1 aromatic heterocycles. The Morgan fingerprint density at radius 1 is 1.37 bits per heavy atom. The first-order valence-corrected chi connectivity index (χ1v) is 9.51. The van der Waals surface area contributed by atoms with Crippen molar-refractivity contribution >= 4 is 6.09 Å². The highest BCUT2D eigenvalue weighted by atomic mass is 16.6. The number of allylic oxidation sites excluding steroid dienone is 1. The number of alkyl carbamates (subject to hydrolysis) is 1. The standard InChI is InChI=1S/C21H30N2O4/c1-7-21(25)14-10-13(2)12-20(21,23-18(24)27-19(3,4)5)15-8-9-17(26-6)22-16(15)11-14/h8-9,12,14,25H,7,10-11H2,1-6H3,(H,23,24)/t14?,20-,21?/m0/s1. The second kappa shape index (κ2) is 6.51. The molecular weight excluding hydrogens is 344 g/mol. The molecule has 1 amide bonds. The van der Waals surface area contributed by atoms with Crippen LogP contribution in [0.15, 0.2) is 23.8 Å². The van der Waals surface area contributed by atoms with Gasteiger partial charge in [0.05, 0.1) is 18.4 Å². The van der Waals surface area contributed by atoms with E-state index < -0.39 is 22.8 Å². The minimum atomic E-state index is -1.12. The number of ether oxygens (including phenoxy) is 2. The molecule has 0 saturated heterocycles. The van der Waals surface area contributed by atoms with Gasteiger partial charge in [-0.15, -0.1) is 0 Å². The van der Waals surface area contributed by atoms with E-state index in [1.165, 1.54) is 0 Å². The van der Waals surface area contributed by atoms with Gasteiger partial charge in [-0.25, -0.2) is 9.78 Å². The van der Waals surface area contributed by atoms with E-state index >= 15 is 0 Å². The second-order valence-corrected chi connectivity index (χ2v) is 8.66. The summed E-state index contributed by atoms with van der Waals surface area (Å²) >= 11 is 0. The van der Waals surface area contributed by atoms with Gasteiger partial charge < -0.3 is 19.9 Å². The summed E-state index contributed by atoms with van der Waals surface area (Å²) in [5, 5.41) is 14.8. The number of nitrogens with one attached hydrogen (secondary N) is 1. The van der Waals surface area contributed by atoms with Crippen LogP contribution in [-0.2, 0) is 16.7 Å². The summed E-state index contributed by atoms with van der Waals surface area (Å²) in [6.45, 7) is 9.46. The molecule has 0 spiro atoms. The van der Waals surface area contributed by atoms with Gasteiger partial charge in [0.15, 0.2) is 0 Å². The third-order valence-electron chi connectivity index (χ3n) is 5.65. The van der Waals surface area contributed by atoms with Crippen LogP contribution < -0.4 is 10.1 Å². The van der Waals surface area contributed by atoms with Gasteiger partial charge >= 0.3 is 6.09 Å². The molecule has 2 N–H and O–H groups in total. The molecule has 148 valence electrons. The third-order valence-corrected chi connectivity index (χ3v) is 5.65. The smallest absolute Gasteiger partial charge is 0.408 e. The third kappa shape index (κ3) is 3.20. The van der Waals surface area contributed by atoms with Gasteiger partial charge in [-0.2, -0.15) is 0 Å². The lowest BCUT2D eigenvalue weighted by molar-refractivity contribution is -0.102.